The van der Waals surface area contributed by atoms with E-state index >= 15 is 0 Å². The van der Waals surface area contributed by atoms with Gasteiger partial charge >= 0.3 is 0 Å². The molecule has 1 atom stereocenters. The average Bonchev–Trinajstić information content (AvgIpc) is 1.64. The Hall–Kier alpha value is 0.650. The molecule has 0 aliphatic carbocycles. The Morgan fingerprint density at radius 1 is 1.75 bits per heavy atom. The molecule has 0 radical (unpaired) electrons. The summed E-state index contributed by atoms with van der Waals surface area (Å²) in [7, 11) is 0. The quantitative estimate of drug-likeness (QED) is 0.453. The van der Waals surface area contributed by atoms with Gasteiger partial charge in [0.1, 0.15) is 0 Å². The standard InChI is InChI=1S/C5H10INO/c1-5-4-7(6)2-3-8-5/h5H,2-4H2,1H3/t5-/m0/s1. The SMILES string of the molecule is C[C@H]1CN(I)CCO1. The molecule has 0 aromatic carbocycles. The Morgan fingerprint density at radius 2 is 2.50 bits per heavy atom. The van der Waals surface area contributed by atoms with Gasteiger partial charge in [-0.05, 0) is 6.92 Å². The maximum Gasteiger partial charge on any atom is 0.0682 e. The summed E-state index contributed by atoms with van der Waals surface area (Å²) < 4.78 is 7.56. The minimum atomic E-state index is 0.431. The van der Waals surface area contributed by atoms with Crippen LogP contribution in [0.25, 0.3) is 0 Å². The van der Waals surface area contributed by atoms with Crippen molar-refractivity contribution in [1.82, 2.24) is 3.11 Å². The van der Waals surface area contributed by atoms with Crippen LogP contribution in [0.15, 0.2) is 0 Å². The molecule has 1 rings (SSSR count). The molecule has 8 heavy (non-hydrogen) atoms. The lowest BCUT2D eigenvalue weighted by atomic mass is 10.3. The van der Waals surface area contributed by atoms with Crippen molar-refractivity contribution < 1.29 is 4.74 Å². The molecule has 0 amide bonds. The van der Waals surface area contributed by atoms with Crippen LogP contribution in [0.5, 0.6) is 0 Å². The highest BCUT2D eigenvalue weighted by molar-refractivity contribution is 14.1. The van der Waals surface area contributed by atoms with Crippen LogP contribution in [0, 0.1) is 0 Å². The number of hydrogen-bond donors (Lipinski definition) is 0. The highest BCUT2D eigenvalue weighted by Gasteiger charge is 2.12. The van der Waals surface area contributed by atoms with Crippen LogP contribution >= 0.6 is 22.9 Å². The van der Waals surface area contributed by atoms with Gasteiger partial charge in [0.05, 0.1) is 12.7 Å². The van der Waals surface area contributed by atoms with Gasteiger partial charge < -0.3 is 4.74 Å². The van der Waals surface area contributed by atoms with Crippen LogP contribution < -0.4 is 0 Å². The lowest BCUT2D eigenvalue weighted by molar-refractivity contribution is 0.0187. The van der Waals surface area contributed by atoms with Crippen LogP contribution in [0.2, 0.25) is 0 Å². The summed E-state index contributed by atoms with van der Waals surface area (Å²) in [6.07, 6.45) is 0.431. The van der Waals surface area contributed by atoms with Crippen molar-refractivity contribution in [2.45, 2.75) is 13.0 Å². The van der Waals surface area contributed by atoms with Crippen LogP contribution in [0.4, 0.5) is 0 Å². The monoisotopic (exact) mass is 227 g/mol. The van der Waals surface area contributed by atoms with Gasteiger partial charge in [-0.25, -0.2) is 3.11 Å². The first-order valence-corrected chi connectivity index (χ1v) is 3.78. The first-order chi connectivity index (χ1) is 3.79. The van der Waals surface area contributed by atoms with E-state index in [1.54, 1.807) is 0 Å². The van der Waals surface area contributed by atoms with E-state index < -0.39 is 0 Å². The number of nitrogens with zero attached hydrogens (tertiary/aromatic N) is 1. The molecule has 1 fully saturated rings. The molecule has 48 valence electrons. The lowest BCUT2D eigenvalue weighted by Crippen LogP contribution is -2.34. The predicted octanol–water partition coefficient (Wildman–Crippen LogP) is 1.06. The van der Waals surface area contributed by atoms with Crippen molar-refractivity contribution in [3.05, 3.63) is 0 Å². The number of ether oxygens (including phenoxy) is 1. The molecule has 0 aromatic heterocycles. The van der Waals surface area contributed by atoms with Gasteiger partial charge in [-0.3, -0.25) is 0 Å². The van der Waals surface area contributed by atoms with Gasteiger partial charge in [0.25, 0.3) is 0 Å². The smallest absolute Gasteiger partial charge is 0.0682 e. The zero-order valence-corrected chi connectivity index (χ0v) is 7.09. The number of morpholine rings is 1. The molecule has 3 heteroatoms. The molecular weight excluding hydrogens is 217 g/mol. The second-order valence-electron chi connectivity index (χ2n) is 2.05. The molecule has 0 unspecified atom stereocenters. The van der Waals surface area contributed by atoms with Gasteiger partial charge in [0, 0.05) is 36.0 Å². The first kappa shape index (κ1) is 6.77. The molecule has 2 nitrogen and oxygen atoms in total. The second kappa shape index (κ2) is 2.98. The van der Waals surface area contributed by atoms with E-state index in [2.05, 4.69) is 32.9 Å². The number of rotatable bonds is 0. The highest BCUT2D eigenvalue weighted by atomic mass is 127. The molecule has 0 N–H and O–H groups in total. The third-order valence-electron chi connectivity index (χ3n) is 1.19. The Bertz CT molecular complexity index is 70.8. The largest absolute Gasteiger partial charge is 0.376 e. The summed E-state index contributed by atoms with van der Waals surface area (Å²) in [5.41, 5.74) is 0. The van der Waals surface area contributed by atoms with Gasteiger partial charge in [-0.15, -0.1) is 0 Å². The Kier molecular flexibility index (Phi) is 2.52. The third kappa shape index (κ3) is 1.87. The lowest BCUT2D eigenvalue weighted by Gasteiger charge is -2.25. The van der Waals surface area contributed by atoms with E-state index in [9.17, 15) is 0 Å². The van der Waals surface area contributed by atoms with E-state index in [4.69, 9.17) is 4.74 Å². The molecule has 0 bridgehead atoms. The summed E-state index contributed by atoms with van der Waals surface area (Å²) in [6.45, 7) is 5.14. The fraction of sp³-hybridized carbons (Fsp3) is 1.00. The van der Waals surface area contributed by atoms with Crippen LogP contribution in [0.1, 0.15) is 6.92 Å². The van der Waals surface area contributed by atoms with E-state index in [0.717, 1.165) is 19.7 Å². The van der Waals surface area contributed by atoms with Crippen LogP contribution in [-0.2, 0) is 4.74 Å². The van der Waals surface area contributed by atoms with Crippen molar-refractivity contribution >= 4 is 22.9 Å². The molecule has 0 aromatic rings. The normalized spacial score (nSPS) is 33.0. The number of halogens is 1. The van der Waals surface area contributed by atoms with Crippen molar-refractivity contribution in [1.29, 1.82) is 0 Å². The molecule has 1 heterocycles. The molecule has 0 saturated carbocycles. The second-order valence-corrected chi connectivity index (χ2v) is 3.41. The van der Waals surface area contributed by atoms with Gasteiger partial charge in [0.2, 0.25) is 0 Å². The van der Waals surface area contributed by atoms with Gasteiger partial charge in [0.15, 0.2) is 0 Å². The number of hydrogen-bond acceptors (Lipinski definition) is 2. The minimum absolute atomic E-state index is 0.431. The van der Waals surface area contributed by atoms with Crippen LogP contribution in [0.3, 0.4) is 0 Å². The van der Waals surface area contributed by atoms with Gasteiger partial charge in [-0.1, -0.05) is 0 Å². The Morgan fingerprint density at radius 3 is 2.88 bits per heavy atom. The summed E-state index contributed by atoms with van der Waals surface area (Å²) in [5, 5.41) is 0. The fourth-order valence-electron chi connectivity index (χ4n) is 0.776. The van der Waals surface area contributed by atoms with E-state index in [-0.39, 0.29) is 0 Å². The third-order valence-corrected chi connectivity index (χ3v) is 2.07. The zero-order chi connectivity index (χ0) is 5.98. The average molecular weight is 227 g/mol. The minimum Gasteiger partial charge on any atom is -0.376 e. The van der Waals surface area contributed by atoms with Crippen molar-refractivity contribution in [2.75, 3.05) is 19.7 Å². The molecule has 1 saturated heterocycles. The predicted molar refractivity (Wildman–Crippen MR) is 41.0 cm³/mol. The molecule has 0 spiro atoms. The summed E-state index contributed by atoms with van der Waals surface area (Å²) in [6, 6.07) is 0. The molecule has 1 aliphatic rings. The van der Waals surface area contributed by atoms with E-state index in [0.29, 0.717) is 6.10 Å². The van der Waals surface area contributed by atoms with E-state index in [1.165, 1.54) is 0 Å². The summed E-state index contributed by atoms with van der Waals surface area (Å²) >= 11 is 2.33. The maximum absolute atomic E-state index is 5.30. The van der Waals surface area contributed by atoms with E-state index in [1.807, 2.05) is 0 Å². The summed E-state index contributed by atoms with van der Waals surface area (Å²) in [5.74, 6) is 0. The van der Waals surface area contributed by atoms with Crippen molar-refractivity contribution in [3.63, 3.8) is 0 Å². The topological polar surface area (TPSA) is 12.5 Å². The van der Waals surface area contributed by atoms with Crippen molar-refractivity contribution in [2.24, 2.45) is 0 Å². The Labute approximate surface area is 63.7 Å². The highest BCUT2D eigenvalue weighted by Crippen LogP contribution is 2.07. The summed E-state index contributed by atoms with van der Waals surface area (Å²) in [4.78, 5) is 0. The zero-order valence-electron chi connectivity index (χ0n) is 4.93. The maximum atomic E-state index is 5.30. The Balaban J connectivity index is 2.23. The van der Waals surface area contributed by atoms with Gasteiger partial charge in [-0.2, -0.15) is 0 Å². The van der Waals surface area contributed by atoms with Crippen LogP contribution in [-0.4, -0.2) is 28.9 Å². The molecule has 1 aliphatic heterocycles. The van der Waals surface area contributed by atoms with Crippen molar-refractivity contribution in [3.8, 4) is 0 Å². The fourth-order valence-corrected chi connectivity index (χ4v) is 1.53. The first-order valence-electron chi connectivity index (χ1n) is 2.81. The molecular formula is C5H10INO.